The van der Waals surface area contributed by atoms with Gasteiger partial charge in [-0.1, -0.05) is 0 Å². The summed E-state index contributed by atoms with van der Waals surface area (Å²) in [5.41, 5.74) is 0. The van der Waals surface area contributed by atoms with Gasteiger partial charge in [-0.15, -0.1) is 0 Å². The van der Waals surface area contributed by atoms with Crippen molar-refractivity contribution in [3.05, 3.63) is 0 Å². The molecule has 1 aliphatic heterocycles. The Morgan fingerprint density at radius 2 is 0.935 bits per heavy atom. The van der Waals surface area contributed by atoms with Crippen molar-refractivity contribution in [2.75, 3.05) is 49.8 Å². The van der Waals surface area contributed by atoms with Crippen molar-refractivity contribution in [2.45, 2.75) is 0 Å². The molecule has 0 aromatic rings. The first-order valence-electron chi connectivity index (χ1n) is 7.85. The van der Waals surface area contributed by atoms with Gasteiger partial charge < -0.3 is 0 Å². The molecule has 3 unspecified atom stereocenters. The van der Waals surface area contributed by atoms with Crippen LogP contribution in [0.3, 0.4) is 0 Å². The topological polar surface area (TPSA) is 221 Å². The van der Waals surface area contributed by atoms with Crippen molar-refractivity contribution in [2.24, 2.45) is 0 Å². The molecule has 1 aliphatic rings. The Morgan fingerprint density at radius 3 is 1.29 bits per heavy atom. The summed E-state index contributed by atoms with van der Waals surface area (Å²) in [6.07, 6.45) is 0. The van der Waals surface area contributed by atoms with E-state index in [9.17, 15) is 24.0 Å². The molecule has 0 aromatic carbocycles. The first kappa shape index (κ1) is 29.9. The second-order valence-electron chi connectivity index (χ2n) is 5.16. The maximum absolute atomic E-state index is 10.7. The molecule has 0 aromatic heterocycles. The van der Waals surface area contributed by atoms with Gasteiger partial charge in [-0.2, -0.15) is 0 Å². The van der Waals surface area contributed by atoms with Crippen molar-refractivity contribution in [3.8, 4) is 0 Å². The normalized spacial score (nSPS) is 36.4. The number of rotatable bonds is 7. The Hall–Kier alpha value is 0.907. The summed E-state index contributed by atoms with van der Waals surface area (Å²) < 4.78 is 64.9. The van der Waals surface area contributed by atoms with Gasteiger partial charge in [0.15, 0.2) is 0 Å². The fourth-order valence-electron chi connectivity index (χ4n) is 1.84. The van der Waals surface area contributed by atoms with E-state index in [1.165, 1.54) is 0 Å². The second-order valence-corrected chi connectivity index (χ2v) is 22.5. The molecule has 24 heteroatoms. The molecule has 0 spiro atoms. The van der Waals surface area contributed by atoms with Gasteiger partial charge in [0.1, 0.15) is 0 Å². The van der Waals surface area contributed by atoms with Gasteiger partial charge in [0.05, 0.1) is 0 Å². The van der Waals surface area contributed by atoms with E-state index in [0.29, 0.717) is 0 Å². The molecule has 0 bridgehead atoms. The Bertz CT molecular complexity index is 582. The van der Waals surface area contributed by atoms with E-state index >= 15 is 0 Å². The predicted molar refractivity (Wildman–Crippen MR) is 101 cm³/mol. The number of hydrogen-bond acceptors (Lipinski definition) is 18. The molecule has 18 nitrogen and oxygen atoms in total. The Labute approximate surface area is 186 Å². The molecule has 3 atom stereocenters. The summed E-state index contributed by atoms with van der Waals surface area (Å²) in [4.78, 5) is 52.6. The summed E-state index contributed by atoms with van der Waals surface area (Å²) in [5.74, 6) is 0. The third kappa shape index (κ3) is 7.70. The van der Waals surface area contributed by atoms with Crippen LogP contribution >= 0.6 is 0 Å². The van der Waals surface area contributed by atoms with Crippen molar-refractivity contribution in [1.29, 1.82) is 0 Å². The van der Waals surface area contributed by atoms with Gasteiger partial charge in [-0.3, -0.25) is 0 Å². The van der Waals surface area contributed by atoms with E-state index in [-0.39, 0.29) is 0 Å². The molecule has 5 N–H and O–H groups in total. The molecule has 0 saturated carbocycles. The molecule has 1 rings (SSSR count). The summed E-state index contributed by atoms with van der Waals surface area (Å²) >= 11 is -5.38. The Kier molecular flexibility index (Phi) is 10.7. The molecule has 1 heterocycles. The summed E-state index contributed by atoms with van der Waals surface area (Å²) in [5, 5.41) is 0. The van der Waals surface area contributed by atoms with Crippen molar-refractivity contribution < 1.29 is 77.0 Å². The number of hydrogen-bond donors (Lipinski definition) is 5. The standard InChI is InChI=1S/C7H26GeO18Si5/c1-14-8(15-2)21-27(9,10)23-29(12,17-4)25-31(19-6,20-7)26-30(13,18-5)24-28(11,16-3)22-8/h9-13H,1-7H3. The fraction of sp³-hybridized carbons (Fsp3) is 1.00. The first-order valence-corrected chi connectivity index (χ1v) is 19.6. The van der Waals surface area contributed by atoms with Crippen LogP contribution in [0.4, 0.5) is 0 Å². The Morgan fingerprint density at radius 1 is 0.516 bits per heavy atom. The third-order valence-corrected chi connectivity index (χ3v) is 23.7. The average molecular weight is 611 g/mol. The van der Waals surface area contributed by atoms with Crippen LogP contribution in [-0.4, -0.2) is 134 Å². The van der Waals surface area contributed by atoms with Gasteiger partial charge in [-0.25, -0.2) is 0 Å². The van der Waals surface area contributed by atoms with Crippen LogP contribution in [0, 0.1) is 0 Å². The minimum atomic E-state index is -5.46. The van der Waals surface area contributed by atoms with E-state index in [2.05, 4.69) is 0 Å². The average Bonchev–Trinajstić information content (AvgIpc) is 2.71. The van der Waals surface area contributed by atoms with Gasteiger partial charge in [-0.05, 0) is 0 Å². The van der Waals surface area contributed by atoms with Gasteiger partial charge in [0, 0.05) is 0 Å². The molecular weight excluding hydrogens is 585 g/mol. The second kappa shape index (κ2) is 11.1. The molecule has 0 aliphatic carbocycles. The van der Waals surface area contributed by atoms with Crippen LogP contribution in [-0.2, 0) is 53.0 Å². The van der Waals surface area contributed by atoms with Crippen molar-refractivity contribution in [3.63, 3.8) is 0 Å². The Balaban J connectivity index is 3.65. The minimum absolute atomic E-state index is 0.887. The van der Waals surface area contributed by atoms with Gasteiger partial charge >= 0.3 is 187 Å². The van der Waals surface area contributed by atoms with Crippen LogP contribution in [0.15, 0.2) is 0 Å². The zero-order valence-corrected chi connectivity index (χ0v) is 24.6. The van der Waals surface area contributed by atoms with Crippen LogP contribution in [0.5, 0.6) is 0 Å². The molecule has 31 heavy (non-hydrogen) atoms. The molecule has 0 amide bonds. The molecular formula is C7H26GeO18Si5. The SMILES string of the molecule is CO[Si]1(O)O[Si](O)(O)[O][Ge]([O]C)([O]C)[O][Si](O)(OC)O[Si](O)(OC)O[Si](OC)(OC)O1. The van der Waals surface area contributed by atoms with E-state index in [1.807, 2.05) is 0 Å². The molecule has 1 saturated heterocycles. The van der Waals surface area contributed by atoms with Crippen LogP contribution in [0.2, 0.25) is 0 Å². The van der Waals surface area contributed by atoms with E-state index in [1.54, 1.807) is 0 Å². The van der Waals surface area contributed by atoms with Crippen molar-refractivity contribution in [1.82, 2.24) is 0 Å². The van der Waals surface area contributed by atoms with Gasteiger partial charge in [0.2, 0.25) is 0 Å². The molecule has 0 radical (unpaired) electrons. The molecule has 1 fully saturated rings. The zero-order chi connectivity index (χ0) is 24.2. The van der Waals surface area contributed by atoms with Gasteiger partial charge in [0.25, 0.3) is 0 Å². The zero-order valence-electron chi connectivity index (χ0n) is 17.5. The van der Waals surface area contributed by atoms with Crippen LogP contribution in [0.1, 0.15) is 0 Å². The van der Waals surface area contributed by atoms with E-state index in [0.717, 1.165) is 49.8 Å². The van der Waals surface area contributed by atoms with E-state index in [4.69, 9.17) is 53.0 Å². The monoisotopic (exact) mass is 612 g/mol. The first-order chi connectivity index (χ1) is 14.2. The summed E-state index contributed by atoms with van der Waals surface area (Å²) in [6, 6.07) is 0. The summed E-state index contributed by atoms with van der Waals surface area (Å²) in [6.45, 7) is 0. The fourth-order valence-corrected chi connectivity index (χ4v) is 22.7. The van der Waals surface area contributed by atoms with Crippen LogP contribution in [0.25, 0.3) is 0 Å². The maximum atomic E-state index is 10.7. The third-order valence-electron chi connectivity index (χ3n) is 3.31. The molecule has 186 valence electrons. The van der Waals surface area contributed by atoms with Crippen LogP contribution < -0.4 is 0 Å². The summed E-state index contributed by atoms with van der Waals surface area (Å²) in [7, 11) is -18.6. The van der Waals surface area contributed by atoms with E-state index < -0.39 is 59.9 Å². The quantitative estimate of drug-likeness (QED) is 0.171. The van der Waals surface area contributed by atoms with Crippen molar-refractivity contribution >= 4 is 59.9 Å². The predicted octanol–water partition coefficient (Wildman–Crippen LogP) is -4.80.